The van der Waals surface area contributed by atoms with E-state index >= 15 is 0 Å². The standard InChI is InChI=1S/C34H40FN3O4/c1-5-28-30(20-33(39)40)38(36-34(28)24-9-7-22(3)8-10-24)25-11-13-26(14-12-25)42-32-17-18-37(21-23(32)4)31-19-27(41-6-2)15-16-29(31)35/h7-16,19,23,28,30,32H,5-6,17-18,20-21H2,1-4H3,(H,39,40). The molecule has 1 saturated heterocycles. The maximum atomic E-state index is 14.6. The van der Waals surface area contributed by atoms with E-state index in [2.05, 4.69) is 43.0 Å². The number of aryl methyl sites for hydroxylation is 1. The molecule has 4 atom stereocenters. The van der Waals surface area contributed by atoms with Crippen molar-refractivity contribution in [2.75, 3.05) is 29.6 Å². The van der Waals surface area contributed by atoms with Gasteiger partial charge in [0.2, 0.25) is 0 Å². The Morgan fingerprint density at radius 1 is 1.05 bits per heavy atom. The van der Waals surface area contributed by atoms with Gasteiger partial charge in [0.25, 0.3) is 0 Å². The Morgan fingerprint density at radius 2 is 1.76 bits per heavy atom. The number of nitrogens with zero attached hydrogens (tertiary/aromatic N) is 3. The van der Waals surface area contributed by atoms with Crippen molar-refractivity contribution in [3.05, 3.63) is 83.7 Å². The van der Waals surface area contributed by atoms with Crippen molar-refractivity contribution in [1.29, 1.82) is 0 Å². The number of aliphatic carboxylic acids is 1. The number of hydrogen-bond donors (Lipinski definition) is 1. The van der Waals surface area contributed by atoms with Gasteiger partial charge in [0, 0.05) is 37.4 Å². The third kappa shape index (κ3) is 6.37. The molecule has 0 radical (unpaired) electrons. The summed E-state index contributed by atoms with van der Waals surface area (Å²) in [6.07, 6.45) is 1.54. The van der Waals surface area contributed by atoms with Gasteiger partial charge in [-0.1, -0.05) is 43.7 Å². The van der Waals surface area contributed by atoms with E-state index in [1.165, 1.54) is 11.6 Å². The average molecular weight is 574 g/mol. The number of anilines is 2. The third-order valence-corrected chi connectivity index (χ3v) is 8.30. The van der Waals surface area contributed by atoms with Crippen molar-refractivity contribution in [3.63, 3.8) is 0 Å². The number of carboxylic acids is 1. The summed E-state index contributed by atoms with van der Waals surface area (Å²) in [4.78, 5) is 13.9. The first kappa shape index (κ1) is 29.4. The summed E-state index contributed by atoms with van der Waals surface area (Å²) < 4.78 is 26.6. The van der Waals surface area contributed by atoms with Crippen LogP contribution in [-0.2, 0) is 4.79 Å². The van der Waals surface area contributed by atoms with Crippen LogP contribution >= 0.6 is 0 Å². The van der Waals surface area contributed by atoms with Crippen molar-refractivity contribution < 1.29 is 23.8 Å². The van der Waals surface area contributed by atoms with Crippen molar-refractivity contribution in [3.8, 4) is 11.5 Å². The Morgan fingerprint density at radius 3 is 2.40 bits per heavy atom. The SMILES string of the molecule is CCOc1ccc(F)c(N2CCC(Oc3ccc(N4N=C(c5ccc(C)cc5)C(CC)C4CC(=O)O)cc3)C(C)C2)c1. The van der Waals surface area contributed by atoms with Crippen LogP contribution in [0, 0.1) is 24.6 Å². The zero-order valence-electron chi connectivity index (χ0n) is 24.8. The molecule has 1 fully saturated rings. The first-order chi connectivity index (χ1) is 20.3. The zero-order chi connectivity index (χ0) is 29.8. The van der Waals surface area contributed by atoms with Crippen LogP contribution in [0.2, 0.25) is 0 Å². The zero-order valence-corrected chi connectivity index (χ0v) is 24.8. The second kappa shape index (κ2) is 12.8. The molecular formula is C34H40FN3O4. The van der Waals surface area contributed by atoms with E-state index in [0.29, 0.717) is 31.1 Å². The van der Waals surface area contributed by atoms with Crippen LogP contribution < -0.4 is 19.4 Å². The Balaban J connectivity index is 1.29. The van der Waals surface area contributed by atoms with Gasteiger partial charge in [0.15, 0.2) is 0 Å². The maximum absolute atomic E-state index is 14.6. The molecule has 8 heteroatoms. The van der Waals surface area contributed by atoms with Crippen LogP contribution in [0.3, 0.4) is 0 Å². The second-order valence-corrected chi connectivity index (χ2v) is 11.3. The number of carboxylic acid groups (broad SMARTS) is 1. The minimum Gasteiger partial charge on any atom is -0.494 e. The van der Waals surface area contributed by atoms with Crippen LogP contribution in [0.4, 0.5) is 15.8 Å². The molecule has 7 nitrogen and oxygen atoms in total. The van der Waals surface area contributed by atoms with E-state index in [1.807, 2.05) is 43.1 Å². The second-order valence-electron chi connectivity index (χ2n) is 11.3. The molecule has 0 saturated carbocycles. The van der Waals surface area contributed by atoms with Gasteiger partial charge in [-0.3, -0.25) is 9.80 Å². The first-order valence-electron chi connectivity index (χ1n) is 14.9. The summed E-state index contributed by atoms with van der Waals surface area (Å²) in [5.74, 6) is 0.515. The van der Waals surface area contributed by atoms with Crippen LogP contribution in [-0.4, -0.2) is 48.6 Å². The maximum Gasteiger partial charge on any atom is 0.305 e. The van der Waals surface area contributed by atoms with Crippen LogP contribution in [0.1, 0.15) is 51.2 Å². The highest BCUT2D eigenvalue weighted by Crippen LogP contribution is 2.36. The molecule has 4 unspecified atom stereocenters. The van der Waals surface area contributed by atoms with Crippen LogP contribution in [0.5, 0.6) is 11.5 Å². The molecule has 222 valence electrons. The molecule has 2 heterocycles. The van der Waals surface area contributed by atoms with Gasteiger partial charge in [-0.25, -0.2) is 4.39 Å². The number of piperidine rings is 1. The predicted molar refractivity (Wildman–Crippen MR) is 164 cm³/mol. The average Bonchev–Trinajstić information content (AvgIpc) is 3.33. The molecule has 0 spiro atoms. The van der Waals surface area contributed by atoms with Crippen molar-refractivity contribution in [2.45, 2.75) is 59.1 Å². The minimum atomic E-state index is -0.839. The molecule has 0 amide bonds. The quantitative estimate of drug-likeness (QED) is 0.284. The van der Waals surface area contributed by atoms with Crippen molar-refractivity contribution in [1.82, 2.24) is 0 Å². The lowest BCUT2D eigenvalue weighted by atomic mass is 9.87. The third-order valence-electron chi connectivity index (χ3n) is 8.30. The molecule has 0 bridgehead atoms. The lowest BCUT2D eigenvalue weighted by Gasteiger charge is -2.38. The lowest BCUT2D eigenvalue weighted by molar-refractivity contribution is -0.137. The highest BCUT2D eigenvalue weighted by Gasteiger charge is 2.39. The van der Waals surface area contributed by atoms with Crippen molar-refractivity contribution >= 4 is 23.1 Å². The predicted octanol–water partition coefficient (Wildman–Crippen LogP) is 6.92. The van der Waals surface area contributed by atoms with E-state index in [9.17, 15) is 14.3 Å². The Kier molecular flexibility index (Phi) is 9.00. The van der Waals surface area contributed by atoms with E-state index in [-0.39, 0.29) is 36.2 Å². The summed E-state index contributed by atoms with van der Waals surface area (Å²) in [5, 5.41) is 16.5. The number of rotatable bonds is 10. The minimum absolute atomic E-state index is 0.000219. The fourth-order valence-corrected chi connectivity index (χ4v) is 6.10. The number of halogens is 1. The summed E-state index contributed by atoms with van der Waals surface area (Å²) >= 11 is 0. The topological polar surface area (TPSA) is 74.6 Å². The number of hydrazone groups is 1. The largest absolute Gasteiger partial charge is 0.494 e. The van der Waals surface area contributed by atoms with Gasteiger partial charge < -0.3 is 19.5 Å². The summed E-state index contributed by atoms with van der Waals surface area (Å²) in [5.41, 5.74) is 4.51. The number of hydrogen-bond acceptors (Lipinski definition) is 6. The fourth-order valence-electron chi connectivity index (χ4n) is 6.10. The molecule has 42 heavy (non-hydrogen) atoms. The first-order valence-corrected chi connectivity index (χ1v) is 14.9. The van der Waals surface area contributed by atoms with Gasteiger partial charge >= 0.3 is 5.97 Å². The van der Waals surface area contributed by atoms with Crippen LogP contribution in [0.15, 0.2) is 71.8 Å². The molecule has 3 aromatic carbocycles. The molecule has 0 aliphatic carbocycles. The smallest absolute Gasteiger partial charge is 0.305 e. The van der Waals surface area contributed by atoms with E-state index < -0.39 is 5.97 Å². The van der Waals surface area contributed by atoms with Gasteiger partial charge in [0.05, 0.1) is 36.2 Å². The molecule has 3 aromatic rings. The molecular weight excluding hydrogens is 533 g/mol. The van der Waals surface area contributed by atoms with Gasteiger partial charge in [0.1, 0.15) is 23.4 Å². The molecule has 1 N–H and O–H groups in total. The van der Waals surface area contributed by atoms with Crippen molar-refractivity contribution in [2.24, 2.45) is 16.9 Å². The monoisotopic (exact) mass is 573 g/mol. The Bertz CT molecular complexity index is 1410. The number of ether oxygens (including phenoxy) is 2. The van der Waals surface area contributed by atoms with Gasteiger partial charge in [-0.2, -0.15) is 5.10 Å². The van der Waals surface area contributed by atoms with E-state index in [0.717, 1.165) is 35.6 Å². The van der Waals surface area contributed by atoms with E-state index in [1.54, 1.807) is 12.1 Å². The summed E-state index contributed by atoms with van der Waals surface area (Å²) in [6.45, 7) is 10.1. The van der Waals surface area contributed by atoms with Crippen LogP contribution in [0.25, 0.3) is 0 Å². The summed E-state index contributed by atoms with van der Waals surface area (Å²) in [7, 11) is 0. The van der Waals surface area contributed by atoms with Gasteiger partial charge in [-0.05, 0) is 62.2 Å². The molecule has 0 aromatic heterocycles. The molecule has 2 aliphatic heterocycles. The number of benzene rings is 3. The Hall–Kier alpha value is -4.07. The van der Waals surface area contributed by atoms with Gasteiger partial charge in [-0.15, -0.1) is 0 Å². The lowest BCUT2D eigenvalue weighted by Crippen LogP contribution is -2.44. The normalized spacial score (nSPS) is 22.2. The van der Waals surface area contributed by atoms with E-state index in [4.69, 9.17) is 14.6 Å². The number of carbonyl (C=O) groups is 1. The Labute approximate surface area is 247 Å². The summed E-state index contributed by atoms with van der Waals surface area (Å²) in [6, 6.07) is 20.6. The highest BCUT2D eigenvalue weighted by atomic mass is 19.1. The highest BCUT2D eigenvalue weighted by molar-refractivity contribution is 6.05. The molecule has 5 rings (SSSR count). The molecule has 2 aliphatic rings. The fraction of sp³-hybridized carbons (Fsp3) is 0.412.